The van der Waals surface area contributed by atoms with Crippen molar-refractivity contribution in [1.82, 2.24) is 9.47 Å². The molecule has 7 nitrogen and oxygen atoms in total. The van der Waals surface area contributed by atoms with Crippen molar-refractivity contribution in [2.24, 2.45) is 7.05 Å². The highest BCUT2D eigenvalue weighted by Gasteiger charge is 2.56. The molecule has 36 heavy (non-hydrogen) atoms. The van der Waals surface area contributed by atoms with E-state index in [4.69, 9.17) is 9.47 Å². The van der Waals surface area contributed by atoms with Crippen molar-refractivity contribution >= 4 is 18.0 Å². The molecule has 1 aromatic carbocycles. The zero-order valence-corrected chi connectivity index (χ0v) is 22.1. The average Bonchev–Trinajstić information content (AvgIpc) is 3.48. The zero-order valence-electron chi connectivity index (χ0n) is 22.1. The summed E-state index contributed by atoms with van der Waals surface area (Å²) in [5.41, 5.74) is 2.93. The van der Waals surface area contributed by atoms with Gasteiger partial charge in [0.2, 0.25) is 0 Å². The number of unbranched alkanes of at least 4 members (excludes halogenated alkanes) is 1. The van der Waals surface area contributed by atoms with Crippen LogP contribution in [0.1, 0.15) is 92.5 Å². The lowest BCUT2D eigenvalue weighted by Gasteiger charge is -2.32. The molecule has 7 heteroatoms. The summed E-state index contributed by atoms with van der Waals surface area (Å²) in [7, 11) is 1.93. The summed E-state index contributed by atoms with van der Waals surface area (Å²) in [5, 5.41) is 0. The van der Waals surface area contributed by atoms with Crippen LogP contribution in [-0.4, -0.2) is 45.2 Å². The summed E-state index contributed by atoms with van der Waals surface area (Å²) in [6.07, 6.45) is 4.08. The smallest absolute Gasteiger partial charge is 0.420 e. The number of carbonyl (C=O) groups is 3. The van der Waals surface area contributed by atoms with Crippen LogP contribution >= 0.6 is 0 Å². The minimum absolute atomic E-state index is 0.123. The van der Waals surface area contributed by atoms with Crippen LogP contribution < -0.4 is 0 Å². The monoisotopic (exact) mass is 494 g/mol. The third-order valence-corrected chi connectivity index (χ3v) is 7.39. The molecule has 2 amide bonds. The standard InChI is InChI=1S/C29H38N2O5/c1-20-10-12-21(13-11-20)8-6-7-9-25(32)24-15-14-23(30(24)5)22-16-17-29(18-22)19-35-26(33)31(29)27(34)36-28(2,3)4/h10-15,22H,6-9,16-19H2,1-5H3/t22-,29+/m0/s1. The lowest BCUT2D eigenvalue weighted by Crippen LogP contribution is -2.50. The van der Waals surface area contributed by atoms with Crippen LogP contribution in [0.2, 0.25) is 0 Å². The quantitative estimate of drug-likeness (QED) is 0.332. The number of carbonyl (C=O) groups excluding carboxylic acids is 3. The molecule has 1 spiro atoms. The number of hydrogen-bond donors (Lipinski definition) is 0. The van der Waals surface area contributed by atoms with Gasteiger partial charge in [-0.05, 0) is 83.9 Å². The first kappa shape index (κ1) is 26.0. The van der Waals surface area contributed by atoms with Crippen LogP contribution in [0.3, 0.4) is 0 Å². The molecule has 194 valence electrons. The molecule has 0 radical (unpaired) electrons. The van der Waals surface area contributed by atoms with Crippen LogP contribution in [0, 0.1) is 6.92 Å². The molecule has 2 aliphatic rings. The van der Waals surface area contributed by atoms with Gasteiger partial charge in [-0.15, -0.1) is 0 Å². The number of rotatable bonds is 7. The van der Waals surface area contributed by atoms with Gasteiger partial charge < -0.3 is 14.0 Å². The third kappa shape index (κ3) is 5.50. The van der Waals surface area contributed by atoms with Gasteiger partial charge in [0.05, 0.1) is 11.2 Å². The van der Waals surface area contributed by atoms with E-state index in [-0.39, 0.29) is 18.3 Å². The lowest BCUT2D eigenvalue weighted by molar-refractivity contribution is 0.0191. The molecule has 2 heterocycles. The molecule has 0 unspecified atom stereocenters. The van der Waals surface area contributed by atoms with Crippen molar-refractivity contribution in [1.29, 1.82) is 0 Å². The van der Waals surface area contributed by atoms with E-state index in [0.29, 0.717) is 25.0 Å². The van der Waals surface area contributed by atoms with E-state index in [1.54, 1.807) is 20.8 Å². The van der Waals surface area contributed by atoms with Gasteiger partial charge in [0.1, 0.15) is 12.2 Å². The van der Waals surface area contributed by atoms with Crippen molar-refractivity contribution in [3.8, 4) is 0 Å². The SMILES string of the molecule is Cc1ccc(CCCCC(=O)c2ccc([C@H]3CC[C@]4(COC(=O)N4C(=O)OC(C)(C)C)C3)n2C)cc1. The second-order valence-corrected chi connectivity index (χ2v) is 11.4. The minimum Gasteiger partial charge on any atom is -0.446 e. The number of hydrogen-bond acceptors (Lipinski definition) is 5. The molecular weight excluding hydrogens is 456 g/mol. The first-order valence-corrected chi connectivity index (χ1v) is 12.9. The van der Waals surface area contributed by atoms with Crippen molar-refractivity contribution in [3.05, 3.63) is 58.9 Å². The van der Waals surface area contributed by atoms with E-state index in [2.05, 4.69) is 31.2 Å². The van der Waals surface area contributed by atoms with E-state index >= 15 is 0 Å². The van der Waals surface area contributed by atoms with Gasteiger partial charge in [0, 0.05) is 25.1 Å². The van der Waals surface area contributed by atoms with Gasteiger partial charge in [-0.25, -0.2) is 14.5 Å². The summed E-state index contributed by atoms with van der Waals surface area (Å²) >= 11 is 0. The lowest BCUT2D eigenvalue weighted by atomic mass is 9.95. The second kappa shape index (κ2) is 10.1. The van der Waals surface area contributed by atoms with E-state index in [9.17, 15) is 14.4 Å². The van der Waals surface area contributed by atoms with Crippen molar-refractivity contribution in [2.75, 3.05) is 6.61 Å². The minimum atomic E-state index is -0.702. The summed E-state index contributed by atoms with van der Waals surface area (Å²) in [6.45, 7) is 7.60. The molecule has 2 aromatic rings. The molecule has 1 saturated carbocycles. The van der Waals surface area contributed by atoms with Crippen LogP contribution in [0.15, 0.2) is 36.4 Å². The first-order chi connectivity index (χ1) is 17.0. The van der Waals surface area contributed by atoms with Crippen LogP contribution in [0.5, 0.6) is 0 Å². The molecule has 2 fully saturated rings. The molecule has 4 rings (SSSR count). The number of nitrogens with zero attached hydrogens (tertiary/aromatic N) is 2. The van der Waals surface area contributed by atoms with E-state index in [1.807, 2.05) is 23.7 Å². The molecular formula is C29H38N2O5. The highest BCUT2D eigenvalue weighted by molar-refractivity contribution is 5.95. The highest BCUT2D eigenvalue weighted by atomic mass is 16.6. The Morgan fingerprint density at radius 3 is 2.53 bits per heavy atom. The Bertz CT molecular complexity index is 1130. The van der Waals surface area contributed by atoms with E-state index in [0.717, 1.165) is 31.4 Å². The number of ketones is 1. The number of aromatic nitrogens is 1. The molecule has 1 saturated heterocycles. The largest absolute Gasteiger partial charge is 0.446 e. The summed E-state index contributed by atoms with van der Waals surface area (Å²) in [4.78, 5) is 39.4. The van der Waals surface area contributed by atoms with Crippen LogP contribution in [0.25, 0.3) is 0 Å². The number of amides is 2. The number of imide groups is 1. The van der Waals surface area contributed by atoms with E-state index < -0.39 is 23.3 Å². The maximum atomic E-state index is 13.0. The topological polar surface area (TPSA) is 77.8 Å². The van der Waals surface area contributed by atoms with Crippen LogP contribution in [-0.2, 0) is 22.9 Å². The number of Topliss-reactive ketones (excluding diaryl/α,β-unsaturated/α-hetero) is 1. The highest BCUT2D eigenvalue weighted by Crippen LogP contribution is 2.47. The molecule has 1 aromatic heterocycles. The summed E-state index contributed by atoms with van der Waals surface area (Å²) in [6, 6.07) is 12.5. The first-order valence-electron chi connectivity index (χ1n) is 12.9. The zero-order chi connectivity index (χ0) is 26.1. The maximum Gasteiger partial charge on any atom is 0.420 e. The van der Waals surface area contributed by atoms with Crippen LogP contribution in [0.4, 0.5) is 9.59 Å². The Hall–Kier alpha value is -3.09. The maximum absolute atomic E-state index is 13.0. The molecule has 1 aliphatic carbocycles. The molecule has 0 bridgehead atoms. The van der Waals surface area contributed by atoms with Crippen molar-refractivity contribution in [2.45, 2.75) is 89.7 Å². The van der Waals surface area contributed by atoms with Crippen molar-refractivity contribution in [3.63, 3.8) is 0 Å². The Morgan fingerprint density at radius 2 is 1.83 bits per heavy atom. The van der Waals surface area contributed by atoms with Gasteiger partial charge in [-0.2, -0.15) is 0 Å². The molecule has 1 aliphatic heterocycles. The number of ether oxygens (including phenoxy) is 2. The predicted molar refractivity (Wildman–Crippen MR) is 137 cm³/mol. The number of benzene rings is 1. The number of cyclic esters (lactones) is 1. The normalized spacial score (nSPS) is 21.8. The van der Waals surface area contributed by atoms with Gasteiger partial charge in [0.25, 0.3) is 0 Å². The number of aryl methyl sites for hydroxylation is 2. The fourth-order valence-electron chi connectivity index (χ4n) is 5.50. The Balaban J connectivity index is 1.37. The Labute approximate surface area is 213 Å². The Kier molecular flexibility index (Phi) is 7.30. The average molecular weight is 495 g/mol. The fourth-order valence-corrected chi connectivity index (χ4v) is 5.50. The van der Waals surface area contributed by atoms with Gasteiger partial charge in [-0.1, -0.05) is 29.8 Å². The van der Waals surface area contributed by atoms with Crippen molar-refractivity contribution < 1.29 is 23.9 Å². The molecule has 0 N–H and O–H groups in total. The van der Waals surface area contributed by atoms with Gasteiger partial charge in [-0.3, -0.25) is 4.79 Å². The summed E-state index contributed by atoms with van der Waals surface area (Å²) < 4.78 is 12.8. The second-order valence-electron chi connectivity index (χ2n) is 11.4. The van der Waals surface area contributed by atoms with Gasteiger partial charge >= 0.3 is 12.2 Å². The Morgan fingerprint density at radius 1 is 1.11 bits per heavy atom. The third-order valence-electron chi connectivity index (χ3n) is 7.39. The van der Waals surface area contributed by atoms with E-state index in [1.165, 1.54) is 16.0 Å². The molecule has 2 atom stereocenters. The van der Waals surface area contributed by atoms with Gasteiger partial charge in [0.15, 0.2) is 5.78 Å². The fraction of sp³-hybridized carbons (Fsp3) is 0.552. The predicted octanol–water partition coefficient (Wildman–Crippen LogP) is 6.32. The summed E-state index contributed by atoms with van der Waals surface area (Å²) in [5.74, 6) is 0.271.